The Hall–Kier alpha value is -3.45. The van der Waals surface area contributed by atoms with E-state index in [9.17, 15) is 21.6 Å². The van der Waals surface area contributed by atoms with Crippen LogP contribution >= 0.6 is 0 Å². The maximum absolute atomic E-state index is 13.4. The molecule has 1 aliphatic heterocycles. The highest BCUT2D eigenvalue weighted by Gasteiger charge is 2.43. The number of benzene rings is 2. The van der Waals surface area contributed by atoms with Gasteiger partial charge in [0.05, 0.1) is 16.0 Å². The number of carbonyl (C=O) groups is 1. The van der Waals surface area contributed by atoms with Gasteiger partial charge in [0.1, 0.15) is 6.04 Å². The molecule has 35 heavy (non-hydrogen) atoms. The molecule has 2 aromatic carbocycles. The van der Waals surface area contributed by atoms with E-state index in [1.807, 2.05) is 0 Å². The summed E-state index contributed by atoms with van der Waals surface area (Å²) < 4.78 is 55.2. The van der Waals surface area contributed by atoms with Crippen molar-refractivity contribution < 1.29 is 21.6 Å². The smallest absolute Gasteiger partial charge is 0.259 e. The fourth-order valence-electron chi connectivity index (χ4n) is 3.63. The summed E-state index contributed by atoms with van der Waals surface area (Å²) in [6, 6.07) is 17.6. The molecule has 1 aliphatic rings. The van der Waals surface area contributed by atoms with Gasteiger partial charge in [0.15, 0.2) is 0 Å². The summed E-state index contributed by atoms with van der Waals surface area (Å²) in [6.45, 7) is -0.669. The fourth-order valence-corrected chi connectivity index (χ4v) is 6.68. The molecule has 1 atom stereocenters. The molecule has 12 heteroatoms. The maximum atomic E-state index is 13.4. The van der Waals surface area contributed by atoms with Crippen LogP contribution in [-0.2, 0) is 24.8 Å². The first kappa shape index (κ1) is 24.7. The van der Waals surface area contributed by atoms with Gasteiger partial charge in [-0.05, 0) is 30.3 Å². The van der Waals surface area contributed by atoms with E-state index in [2.05, 4.69) is 15.5 Å². The minimum absolute atomic E-state index is 0.0102. The summed E-state index contributed by atoms with van der Waals surface area (Å²) in [4.78, 5) is 17.1. The van der Waals surface area contributed by atoms with Gasteiger partial charge in [-0.2, -0.15) is 13.7 Å². The minimum atomic E-state index is -4.08. The lowest BCUT2D eigenvalue weighted by Gasteiger charge is -2.38. The highest BCUT2D eigenvalue weighted by molar-refractivity contribution is 7.89. The van der Waals surface area contributed by atoms with Crippen LogP contribution in [0.3, 0.4) is 0 Å². The Labute approximate surface area is 204 Å². The third-order valence-corrected chi connectivity index (χ3v) is 9.20. The molecule has 0 spiro atoms. The molecule has 2 heterocycles. The summed E-state index contributed by atoms with van der Waals surface area (Å²) in [5, 5.41) is 3.90. The highest BCUT2D eigenvalue weighted by atomic mass is 32.2. The van der Waals surface area contributed by atoms with Crippen LogP contribution in [0.4, 0.5) is 0 Å². The molecule has 1 amide bonds. The van der Waals surface area contributed by atoms with E-state index in [0.29, 0.717) is 5.56 Å². The fraction of sp³-hybridized carbons (Fsp3) is 0.174. The van der Waals surface area contributed by atoms with E-state index >= 15 is 0 Å². The Morgan fingerprint density at radius 1 is 0.886 bits per heavy atom. The Balaban J connectivity index is 1.63. The molecule has 10 nitrogen and oxygen atoms in total. The van der Waals surface area contributed by atoms with Crippen LogP contribution in [0.2, 0.25) is 0 Å². The number of amides is 1. The first-order valence-corrected chi connectivity index (χ1v) is 13.5. The van der Waals surface area contributed by atoms with Crippen LogP contribution in [-0.4, -0.2) is 68.2 Å². The second kappa shape index (κ2) is 10.4. The molecular formula is C23H23N5O5S2. The van der Waals surface area contributed by atoms with Crippen molar-refractivity contribution in [2.24, 2.45) is 5.10 Å². The number of hydrogen-bond acceptors (Lipinski definition) is 7. The van der Waals surface area contributed by atoms with E-state index < -0.39 is 32.0 Å². The minimum Gasteiger partial charge on any atom is -0.271 e. The molecule has 1 fully saturated rings. The van der Waals surface area contributed by atoms with Gasteiger partial charge in [0.25, 0.3) is 5.91 Å². The molecule has 3 aromatic rings. The number of carbonyl (C=O) groups excluding carboxylic acids is 1. The van der Waals surface area contributed by atoms with Crippen LogP contribution in [0.1, 0.15) is 5.56 Å². The van der Waals surface area contributed by atoms with Crippen molar-refractivity contribution in [1.29, 1.82) is 0 Å². The molecule has 1 aromatic heterocycles. The van der Waals surface area contributed by atoms with Gasteiger partial charge in [-0.15, -0.1) is 0 Å². The first-order valence-electron chi connectivity index (χ1n) is 10.7. The lowest BCUT2D eigenvalue weighted by molar-refractivity contribution is -0.125. The lowest BCUT2D eigenvalue weighted by atomic mass is 10.2. The number of pyridine rings is 1. The third-order valence-electron chi connectivity index (χ3n) is 5.40. The van der Waals surface area contributed by atoms with Crippen LogP contribution < -0.4 is 5.43 Å². The van der Waals surface area contributed by atoms with Crippen molar-refractivity contribution in [3.63, 3.8) is 0 Å². The second-order valence-corrected chi connectivity index (χ2v) is 11.5. The summed E-state index contributed by atoms with van der Waals surface area (Å²) in [5.41, 5.74) is 2.96. The van der Waals surface area contributed by atoms with E-state index in [1.165, 1.54) is 36.7 Å². The zero-order valence-corrected chi connectivity index (χ0v) is 20.1. The van der Waals surface area contributed by atoms with Crippen LogP contribution in [0, 0.1) is 0 Å². The number of sulfonamides is 2. The van der Waals surface area contributed by atoms with Gasteiger partial charge in [-0.1, -0.05) is 42.5 Å². The molecule has 0 radical (unpaired) electrons. The lowest BCUT2D eigenvalue weighted by Crippen LogP contribution is -2.60. The number of hydrogen-bond donors (Lipinski definition) is 1. The van der Waals surface area contributed by atoms with E-state index in [4.69, 9.17) is 0 Å². The normalized spacial score (nSPS) is 17.9. The summed E-state index contributed by atoms with van der Waals surface area (Å²) in [7, 11) is -8.02. The molecule has 1 saturated heterocycles. The maximum Gasteiger partial charge on any atom is 0.259 e. The molecule has 0 saturated carbocycles. The summed E-state index contributed by atoms with van der Waals surface area (Å²) in [6.07, 6.45) is 4.49. The number of aromatic nitrogens is 1. The Morgan fingerprint density at radius 2 is 1.51 bits per heavy atom. The van der Waals surface area contributed by atoms with Gasteiger partial charge >= 0.3 is 0 Å². The number of hydrazone groups is 1. The van der Waals surface area contributed by atoms with Crippen molar-refractivity contribution in [3.8, 4) is 0 Å². The predicted molar refractivity (Wildman–Crippen MR) is 129 cm³/mol. The number of nitrogens with zero attached hydrogens (tertiary/aromatic N) is 4. The molecule has 0 aliphatic carbocycles. The second-order valence-electron chi connectivity index (χ2n) is 7.64. The van der Waals surface area contributed by atoms with Crippen molar-refractivity contribution in [2.75, 3.05) is 19.6 Å². The van der Waals surface area contributed by atoms with Crippen LogP contribution in [0.15, 0.2) is 100 Å². The molecule has 1 N–H and O–H groups in total. The largest absolute Gasteiger partial charge is 0.271 e. The van der Waals surface area contributed by atoms with Gasteiger partial charge in [-0.3, -0.25) is 9.78 Å². The monoisotopic (exact) mass is 513 g/mol. The molecule has 4 rings (SSSR count). The summed E-state index contributed by atoms with van der Waals surface area (Å²) in [5.74, 6) is -0.752. The van der Waals surface area contributed by atoms with E-state index in [0.717, 1.165) is 8.61 Å². The summed E-state index contributed by atoms with van der Waals surface area (Å²) >= 11 is 0. The highest BCUT2D eigenvalue weighted by Crippen LogP contribution is 2.25. The number of piperazine rings is 1. The van der Waals surface area contributed by atoms with E-state index in [1.54, 1.807) is 54.7 Å². The molecule has 0 unspecified atom stereocenters. The zero-order chi connectivity index (χ0) is 24.9. The Kier molecular flexibility index (Phi) is 7.36. The Bertz CT molecular complexity index is 1400. The van der Waals surface area contributed by atoms with Gasteiger partial charge in [0.2, 0.25) is 20.0 Å². The van der Waals surface area contributed by atoms with Crippen molar-refractivity contribution in [2.45, 2.75) is 15.8 Å². The topological polar surface area (TPSA) is 129 Å². The van der Waals surface area contributed by atoms with Gasteiger partial charge in [0, 0.05) is 37.6 Å². The first-order chi connectivity index (χ1) is 16.8. The van der Waals surface area contributed by atoms with Crippen LogP contribution in [0.5, 0.6) is 0 Å². The molecule has 182 valence electrons. The van der Waals surface area contributed by atoms with Gasteiger partial charge < -0.3 is 0 Å². The van der Waals surface area contributed by atoms with E-state index in [-0.39, 0.29) is 29.4 Å². The third kappa shape index (κ3) is 5.46. The Morgan fingerprint density at radius 3 is 2.11 bits per heavy atom. The molecule has 0 bridgehead atoms. The van der Waals surface area contributed by atoms with Gasteiger partial charge in [-0.25, -0.2) is 22.3 Å². The van der Waals surface area contributed by atoms with Crippen LogP contribution in [0.25, 0.3) is 0 Å². The predicted octanol–water partition coefficient (Wildman–Crippen LogP) is 1.30. The number of nitrogens with one attached hydrogen (secondary N) is 1. The SMILES string of the molecule is O=C(N/N=C\c1cccnc1)[C@@H]1CN(S(=O)(=O)c2ccccc2)CCN1S(=O)(=O)c1ccccc1. The van der Waals surface area contributed by atoms with Crippen molar-refractivity contribution in [1.82, 2.24) is 19.0 Å². The average Bonchev–Trinajstić information content (AvgIpc) is 2.90. The standard InChI is InChI=1S/C23H23N5O5S2/c29-23(26-25-17-19-8-7-13-24-16-19)22-18-27(34(30,31)20-9-3-1-4-10-20)14-15-28(22)35(32,33)21-11-5-2-6-12-21/h1-13,16-17,22H,14-15,18H2,(H,26,29)/b25-17-/t22-/m0/s1. The average molecular weight is 514 g/mol. The molecular weight excluding hydrogens is 490 g/mol. The quantitative estimate of drug-likeness (QED) is 0.375. The zero-order valence-electron chi connectivity index (χ0n) is 18.5. The van der Waals surface area contributed by atoms with Crippen molar-refractivity contribution >= 4 is 32.2 Å². The van der Waals surface area contributed by atoms with Crippen molar-refractivity contribution in [3.05, 3.63) is 90.8 Å². The number of rotatable bonds is 7.